The third-order valence-corrected chi connectivity index (χ3v) is 4.75. The van der Waals surface area contributed by atoms with Crippen LogP contribution in [0.25, 0.3) is 0 Å². The van der Waals surface area contributed by atoms with Gasteiger partial charge in [-0.25, -0.2) is 0 Å². The molecule has 0 aliphatic carbocycles. The highest BCUT2D eigenvalue weighted by molar-refractivity contribution is 7.10. The maximum Gasteiger partial charge on any atom is 0.416 e. The molecular formula is C14H12ClF3OS. The Bertz CT molecular complexity index is 589. The minimum absolute atomic E-state index is 0.234. The minimum atomic E-state index is -4.34. The molecule has 2 aromatic rings. The van der Waals surface area contributed by atoms with E-state index in [1.807, 2.05) is 12.3 Å². The van der Waals surface area contributed by atoms with E-state index in [1.165, 1.54) is 23.5 Å². The minimum Gasteiger partial charge on any atom is -0.387 e. The standard InChI is InChI=1S/C14H12ClF3OS/c1-8-7-20-13(12(8)15)11(19)6-9-2-4-10(5-3-9)14(16,17)18/h2-5,7,11,19H,6H2,1H3. The van der Waals surface area contributed by atoms with Crippen LogP contribution in [-0.4, -0.2) is 5.11 Å². The zero-order valence-corrected chi connectivity index (χ0v) is 12.1. The molecule has 0 saturated carbocycles. The summed E-state index contributed by atoms with van der Waals surface area (Å²) in [5.74, 6) is 0. The largest absolute Gasteiger partial charge is 0.416 e. The van der Waals surface area contributed by atoms with Gasteiger partial charge in [0, 0.05) is 6.42 Å². The Labute approximate surface area is 123 Å². The molecule has 1 atom stereocenters. The van der Waals surface area contributed by atoms with Gasteiger partial charge < -0.3 is 5.11 Å². The number of aryl methyl sites for hydroxylation is 1. The van der Waals surface area contributed by atoms with Crippen LogP contribution in [0.4, 0.5) is 13.2 Å². The smallest absolute Gasteiger partial charge is 0.387 e. The van der Waals surface area contributed by atoms with Gasteiger partial charge >= 0.3 is 6.18 Å². The summed E-state index contributed by atoms with van der Waals surface area (Å²) >= 11 is 7.41. The van der Waals surface area contributed by atoms with Crippen LogP contribution < -0.4 is 0 Å². The van der Waals surface area contributed by atoms with Crippen LogP contribution in [0.1, 0.15) is 27.7 Å². The second kappa shape index (κ2) is 5.76. The lowest BCUT2D eigenvalue weighted by Crippen LogP contribution is -2.05. The van der Waals surface area contributed by atoms with Crippen molar-refractivity contribution in [1.29, 1.82) is 0 Å². The average Bonchev–Trinajstić information content (AvgIpc) is 2.69. The lowest BCUT2D eigenvalue weighted by Gasteiger charge is -2.11. The fraction of sp³-hybridized carbons (Fsp3) is 0.286. The maximum absolute atomic E-state index is 12.4. The molecule has 1 aromatic heterocycles. The highest BCUT2D eigenvalue weighted by atomic mass is 35.5. The molecule has 0 bridgehead atoms. The predicted molar refractivity (Wildman–Crippen MR) is 74.2 cm³/mol. The Morgan fingerprint density at radius 3 is 2.30 bits per heavy atom. The van der Waals surface area contributed by atoms with Crippen molar-refractivity contribution in [2.45, 2.75) is 25.6 Å². The summed E-state index contributed by atoms with van der Waals surface area (Å²) in [6, 6.07) is 4.79. The normalized spacial score (nSPS) is 13.5. The van der Waals surface area contributed by atoms with Crippen LogP contribution in [-0.2, 0) is 12.6 Å². The summed E-state index contributed by atoms with van der Waals surface area (Å²) in [5.41, 5.74) is 0.825. The lowest BCUT2D eigenvalue weighted by atomic mass is 10.0. The number of hydrogen-bond acceptors (Lipinski definition) is 2. The van der Waals surface area contributed by atoms with E-state index in [4.69, 9.17) is 11.6 Å². The van der Waals surface area contributed by atoms with Gasteiger partial charge in [0.2, 0.25) is 0 Å². The van der Waals surface area contributed by atoms with Gasteiger partial charge in [-0.3, -0.25) is 0 Å². The molecule has 0 saturated heterocycles. The van der Waals surface area contributed by atoms with Crippen molar-refractivity contribution in [3.63, 3.8) is 0 Å². The van der Waals surface area contributed by atoms with Crippen molar-refractivity contribution < 1.29 is 18.3 Å². The number of benzene rings is 1. The molecule has 6 heteroatoms. The zero-order valence-electron chi connectivity index (χ0n) is 10.5. The first kappa shape index (κ1) is 15.4. The van der Waals surface area contributed by atoms with Crippen LogP contribution in [0.2, 0.25) is 5.02 Å². The Morgan fingerprint density at radius 1 is 1.25 bits per heavy atom. The molecule has 108 valence electrons. The second-order valence-electron chi connectivity index (χ2n) is 4.51. The number of aliphatic hydroxyl groups is 1. The van der Waals surface area contributed by atoms with Gasteiger partial charge in [0.25, 0.3) is 0 Å². The van der Waals surface area contributed by atoms with Crippen LogP contribution in [0, 0.1) is 6.92 Å². The SMILES string of the molecule is Cc1csc(C(O)Cc2ccc(C(F)(F)F)cc2)c1Cl. The summed E-state index contributed by atoms with van der Waals surface area (Å²) in [6.07, 6.45) is -4.92. The second-order valence-corrected chi connectivity index (χ2v) is 5.80. The number of thiophene rings is 1. The molecule has 1 N–H and O–H groups in total. The lowest BCUT2D eigenvalue weighted by molar-refractivity contribution is -0.137. The molecule has 0 amide bonds. The highest BCUT2D eigenvalue weighted by Crippen LogP contribution is 2.34. The van der Waals surface area contributed by atoms with E-state index in [1.54, 1.807) is 0 Å². The molecule has 1 heterocycles. The summed E-state index contributed by atoms with van der Waals surface area (Å²) in [7, 11) is 0. The van der Waals surface area contributed by atoms with Gasteiger partial charge in [0.15, 0.2) is 0 Å². The van der Waals surface area contributed by atoms with E-state index in [9.17, 15) is 18.3 Å². The van der Waals surface area contributed by atoms with E-state index >= 15 is 0 Å². The third kappa shape index (κ3) is 3.34. The van der Waals surface area contributed by atoms with Crippen molar-refractivity contribution in [2.75, 3.05) is 0 Å². The van der Waals surface area contributed by atoms with Crippen LogP contribution >= 0.6 is 22.9 Å². The Hall–Kier alpha value is -1.04. The van der Waals surface area contributed by atoms with Gasteiger partial charge in [-0.15, -0.1) is 11.3 Å². The topological polar surface area (TPSA) is 20.2 Å². The van der Waals surface area contributed by atoms with Crippen molar-refractivity contribution in [2.24, 2.45) is 0 Å². The van der Waals surface area contributed by atoms with Crippen LogP contribution in [0.3, 0.4) is 0 Å². The van der Waals surface area contributed by atoms with Gasteiger partial charge in [-0.05, 0) is 35.6 Å². The number of rotatable bonds is 3. The van der Waals surface area contributed by atoms with E-state index in [0.29, 0.717) is 15.5 Å². The molecule has 1 unspecified atom stereocenters. The Morgan fingerprint density at radius 2 is 1.85 bits per heavy atom. The van der Waals surface area contributed by atoms with E-state index in [0.717, 1.165) is 17.7 Å². The first-order valence-electron chi connectivity index (χ1n) is 5.86. The number of hydrogen-bond donors (Lipinski definition) is 1. The molecule has 2 rings (SSSR count). The fourth-order valence-electron chi connectivity index (χ4n) is 1.82. The molecule has 1 nitrogen and oxygen atoms in total. The number of alkyl halides is 3. The van der Waals surface area contributed by atoms with Gasteiger partial charge in [-0.1, -0.05) is 23.7 Å². The van der Waals surface area contributed by atoms with Gasteiger partial charge in [0.1, 0.15) is 0 Å². The van der Waals surface area contributed by atoms with Gasteiger partial charge in [-0.2, -0.15) is 13.2 Å². The molecule has 0 aliphatic rings. The predicted octanol–water partition coefficient (Wildman–Crippen LogP) is 5.00. The summed E-state index contributed by atoms with van der Waals surface area (Å²) in [6.45, 7) is 1.84. The molecule has 1 aromatic carbocycles. The van der Waals surface area contributed by atoms with E-state index in [2.05, 4.69) is 0 Å². The van der Waals surface area contributed by atoms with Crippen molar-refractivity contribution in [3.05, 3.63) is 56.2 Å². The number of aliphatic hydroxyl groups excluding tert-OH is 1. The first-order chi connectivity index (χ1) is 9.29. The highest BCUT2D eigenvalue weighted by Gasteiger charge is 2.30. The molecule has 0 fully saturated rings. The first-order valence-corrected chi connectivity index (χ1v) is 7.12. The van der Waals surface area contributed by atoms with Crippen molar-refractivity contribution >= 4 is 22.9 Å². The molecule has 20 heavy (non-hydrogen) atoms. The summed E-state index contributed by atoms with van der Waals surface area (Å²) < 4.78 is 37.3. The van der Waals surface area contributed by atoms with Crippen LogP contribution in [0.5, 0.6) is 0 Å². The maximum atomic E-state index is 12.4. The summed E-state index contributed by atoms with van der Waals surface area (Å²) in [4.78, 5) is 0.643. The average molecular weight is 321 g/mol. The third-order valence-electron chi connectivity index (χ3n) is 2.94. The summed E-state index contributed by atoms with van der Waals surface area (Å²) in [5, 5.41) is 12.5. The van der Waals surface area contributed by atoms with Crippen molar-refractivity contribution in [3.8, 4) is 0 Å². The molecular weight excluding hydrogens is 309 g/mol. The fourth-order valence-corrected chi connectivity index (χ4v) is 3.13. The monoisotopic (exact) mass is 320 g/mol. The number of halogens is 4. The van der Waals surface area contributed by atoms with Gasteiger partial charge in [0.05, 0.1) is 21.6 Å². The Balaban J connectivity index is 2.12. The zero-order chi connectivity index (χ0) is 14.9. The molecule has 0 aliphatic heterocycles. The van der Waals surface area contributed by atoms with Crippen LogP contribution in [0.15, 0.2) is 29.6 Å². The molecule has 0 spiro atoms. The van der Waals surface area contributed by atoms with E-state index in [-0.39, 0.29) is 6.42 Å². The Kier molecular flexibility index (Phi) is 4.42. The quantitative estimate of drug-likeness (QED) is 0.843. The van der Waals surface area contributed by atoms with Crippen molar-refractivity contribution in [1.82, 2.24) is 0 Å². The van der Waals surface area contributed by atoms with E-state index < -0.39 is 17.8 Å². The molecule has 0 radical (unpaired) electrons.